The van der Waals surface area contributed by atoms with Crippen molar-refractivity contribution in [2.24, 2.45) is 5.73 Å². The number of nitrogens with one attached hydrogen (secondary N) is 1. The SMILES string of the molecule is NC(=O)c1ccc(C(F)(F)F)nc1NCc1ccoc1. The number of carbonyl (C=O) groups is 1. The number of aromatic nitrogens is 1. The van der Waals surface area contributed by atoms with E-state index < -0.39 is 17.8 Å². The zero-order valence-electron chi connectivity index (χ0n) is 10.1. The minimum atomic E-state index is -4.59. The molecule has 0 saturated carbocycles. The average molecular weight is 285 g/mol. The van der Waals surface area contributed by atoms with Crippen LogP contribution in [0, 0.1) is 0 Å². The molecule has 2 rings (SSSR count). The molecule has 2 heterocycles. The van der Waals surface area contributed by atoms with Gasteiger partial charge in [0, 0.05) is 12.1 Å². The zero-order chi connectivity index (χ0) is 14.8. The summed E-state index contributed by atoms with van der Waals surface area (Å²) in [6.07, 6.45) is -1.75. The fourth-order valence-electron chi connectivity index (χ4n) is 1.53. The molecule has 0 saturated heterocycles. The van der Waals surface area contributed by atoms with Gasteiger partial charge < -0.3 is 15.5 Å². The topological polar surface area (TPSA) is 81.2 Å². The quantitative estimate of drug-likeness (QED) is 0.903. The Morgan fingerprint density at radius 1 is 1.35 bits per heavy atom. The predicted molar refractivity (Wildman–Crippen MR) is 63.8 cm³/mol. The third kappa shape index (κ3) is 3.08. The Kier molecular flexibility index (Phi) is 3.64. The number of carbonyl (C=O) groups excluding carboxylic acids is 1. The van der Waals surface area contributed by atoms with Crippen LogP contribution in [0.4, 0.5) is 19.0 Å². The largest absolute Gasteiger partial charge is 0.472 e. The summed E-state index contributed by atoms with van der Waals surface area (Å²) >= 11 is 0. The molecule has 0 atom stereocenters. The number of hydrogen-bond donors (Lipinski definition) is 2. The molecule has 0 bridgehead atoms. The molecular formula is C12H10F3N3O2. The summed E-state index contributed by atoms with van der Waals surface area (Å²) in [5.41, 5.74) is 4.59. The van der Waals surface area contributed by atoms with Gasteiger partial charge in [-0.15, -0.1) is 0 Å². The summed E-state index contributed by atoms with van der Waals surface area (Å²) in [7, 11) is 0. The van der Waals surface area contributed by atoms with Crippen LogP contribution < -0.4 is 11.1 Å². The van der Waals surface area contributed by atoms with Crippen molar-refractivity contribution in [3.8, 4) is 0 Å². The first-order valence-corrected chi connectivity index (χ1v) is 5.51. The molecule has 0 aliphatic rings. The zero-order valence-corrected chi connectivity index (χ0v) is 10.1. The Hall–Kier alpha value is -2.51. The van der Waals surface area contributed by atoms with E-state index in [0.717, 1.165) is 6.07 Å². The minimum Gasteiger partial charge on any atom is -0.472 e. The lowest BCUT2D eigenvalue weighted by molar-refractivity contribution is -0.141. The van der Waals surface area contributed by atoms with E-state index in [1.807, 2.05) is 0 Å². The molecule has 0 aliphatic carbocycles. The number of furan rings is 1. The normalized spacial score (nSPS) is 11.3. The first kappa shape index (κ1) is 13.9. The van der Waals surface area contributed by atoms with Gasteiger partial charge in [0.05, 0.1) is 18.1 Å². The highest BCUT2D eigenvalue weighted by Crippen LogP contribution is 2.29. The van der Waals surface area contributed by atoms with E-state index in [1.165, 1.54) is 12.5 Å². The van der Waals surface area contributed by atoms with Gasteiger partial charge in [-0.25, -0.2) is 4.98 Å². The molecular weight excluding hydrogens is 275 g/mol. The Morgan fingerprint density at radius 3 is 2.65 bits per heavy atom. The Bertz CT molecular complexity index is 609. The number of primary amides is 1. The molecule has 8 heteroatoms. The molecule has 2 aromatic rings. The number of pyridine rings is 1. The number of amides is 1. The van der Waals surface area contributed by atoms with Gasteiger partial charge in [0.25, 0.3) is 5.91 Å². The highest BCUT2D eigenvalue weighted by Gasteiger charge is 2.33. The maximum Gasteiger partial charge on any atom is 0.433 e. The smallest absolute Gasteiger partial charge is 0.433 e. The summed E-state index contributed by atoms with van der Waals surface area (Å²) in [5, 5.41) is 2.64. The lowest BCUT2D eigenvalue weighted by Gasteiger charge is -2.12. The third-order valence-corrected chi connectivity index (χ3v) is 2.49. The van der Waals surface area contributed by atoms with E-state index >= 15 is 0 Å². The van der Waals surface area contributed by atoms with Crippen LogP contribution in [0.1, 0.15) is 21.6 Å². The van der Waals surface area contributed by atoms with E-state index in [0.29, 0.717) is 11.6 Å². The van der Waals surface area contributed by atoms with Gasteiger partial charge in [0.2, 0.25) is 0 Å². The number of hydrogen-bond acceptors (Lipinski definition) is 4. The molecule has 0 aromatic carbocycles. The number of halogens is 3. The van der Waals surface area contributed by atoms with Crippen LogP contribution in [0.15, 0.2) is 35.1 Å². The number of anilines is 1. The number of rotatable bonds is 4. The molecule has 20 heavy (non-hydrogen) atoms. The highest BCUT2D eigenvalue weighted by atomic mass is 19.4. The van der Waals surface area contributed by atoms with Gasteiger partial charge in [-0.05, 0) is 18.2 Å². The third-order valence-electron chi connectivity index (χ3n) is 2.49. The van der Waals surface area contributed by atoms with Gasteiger partial charge >= 0.3 is 6.18 Å². The molecule has 0 aliphatic heterocycles. The monoisotopic (exact) mass is 285 g/mol. The van der Waals surface area contributed by atoms with Gasteiger partial charge in [0.15, 0.2) is 0 Å². The van der Waals surface area contributed by atoms with Crippen molar-refractivity contribution in [1.82, 2.24) is 4.98 Å². The van der Waals surface area contributed by atoms with Crippen LogP contribution in [0.25, 0.3) is 0 Å². The van der Waals surface area contributed by atoms with Crippen molar-refractivity contribution in [1.29, 1.82) is 0 Å². The van der Waals surface area contributed by atoms with E-state index in [4.69, 9.17) is 10.2 Å². The second kappa shape index (κ2) is 5.24. The highest BCUT2D eigenvalue weighted by molar-refractivity contribution is 5.97. The molecule has 0 fully saturated rings. The fraction of sp³-hybridized carbons (Fsp3) is 0.167. The van der Waals surface area contributed by atoms with Gasteiger partial charge in [-0.1, -0.05) is 0 Å². The summed E-state index contributed by atoms with van der Waals surface area (Å²) < 4.78 is 42.6. The molecule has 3 N–H and O–H groups in total. The Labute approximate surface area is 111 Å². The number of nitrogens with zero attached hydrogens (tertiary/aromatic N) is 1. The summed E-state index contributed by atoms with van der Waals surface area (Å²) in [6.45, 7) is 0.158. The second-order valence-electron chi connectivity index (χ2n) is 3.94. The van der Waals surface area contributed by atoms with E-state index in [-0.39, 0.29) is 17.9 Å². The van der Waals surface area contributed by atoms with Crippen LogP contribution in [-0.2, 0) is 12.7 Å². The number of nitrogens with two attached hydrogens (primary N) is 1. The van der Waals surface area contributed by atoms with E-state index in [2.05, 4.69) is 10.3 Å². The van der Waals surface area contributed by atoms with Crippen molar-refractivity contribution < 1.29 is 22.4 Å². The molecule has 0 radical (unpaired) electrons. The first-order valence-electron chi connectivity index (χ1n) is 5.51. The van der Waals surface area contributed by atoms with Crippen LogP contribution >= 0.6 is 0 Å². The molecule has 106 valence electrons. The summed E-state index contributed by atoms with van der Waals surface area (Å²) in [6, 6.07) is 3.34. The standard InChI is InChI=1S/C12H10F3N3O2/c13-12(14,15)9-2-1-8(10(16)19)11(18-9)17-5-7-3-4-20-6-7/h1-4,6H,5H2,(H2,16,19)(H,17,18). The lowest BCUT2D eigenvalue weighted by atomic mass is 10.2. The first-order chi connectivity index (χ1) is 9.38. The lowest BCUT2D eigenvalue weighted by Crippen LogP contribution is -2.18. The van der Waals surface area contributed by atoms with Crippen LogP contribution in [0.2, 0.25) is 0 Å². The van der Waals surface area contributed by atoms with Crippen LogP contribution in [0.3, 0.4) is 0 Å². The van der Waals surface area contributed by atoms with Gasteiger partial charge in [-0.3, -0.25) is 4.79 Å². The molecule has 0 unspecified atom stereocenters. The van der Waals surface area contributed by atoms with Crippen LogP contribution in [-0.4, -0.2) is 10.9 Å². The van der Waals surface area contributed by atoms with Crippen molar-refractivity contribution in [3.63, 3.8) is 0 Å². The van der Waals surface area contributed by atoms with Gasteiger partial charge in [-0.2, -0.15) is 13.2 Å². The number of alkyl halides is 3. The van der Waals surface area contributed by atoms with Crippen molar-refractivity contribution >= 4 is 11.7 Å². The van der Waals surface area contributed by atoms with E-state index in [1.54, 1.807) is 6.07 Å². The predicted octanol–water partition coefficient (Wildman–Crippen LogP) is 2.40. The second-order valence-corrected chi connectivity index (χ2v) is 3.94. The Balaban J connectivity index is 2.29. The van der Waals surface area contributed by atoms with Crippen molar-refractivity contribution in [2.45, 2.75) is 12.7 Å². The van der Waals surface area contributed by atoms with Crippen molar-refractivity contribution in [2.75, 3.05) is 5.32 Å². The maximum atomic E-state index is 12.6. The molecule has 0 spiro atoms. The van der Waals surface area contributed by atoms with Gasteiger partial charge in [0.1, 0.15) is 11.5 Å². The minimum absolute atomic E-state index is 0.110. The summed E-state index contributed by atoms with van der Waals surface area (Å²) in [4.78, 5) is 14.6. The van der Waals surface area contributed by atoms with Crippen LogP contribution in [0.5, 0.6) is 0 Å². The van der Waals surface area contributed by atoms with E-state index in [9.17, 15) is 18.0 Å². The fourth-order valence-corrected chi connectivity index (χ4v) is 1.53. The average Bonchev–Trinajstić information content (AvgIpc) is 2.87. The van der Waals surface area contributed by atoms with Crippen molar-refractivity contribution in [3.05, 3.63) is 47.5 Å². The molecule has 1 amide bonds. The molecule has 2 aromatic heterocycles. The summed E-state index contributed by atoms with van der Waals surface area (Å²) in [5.74, 6) is -1.07. The maximum absolute atomic E-state index is 12.6. The molecule has 5 nitrogen and oxygen atoms in total. The Morgan fingerprint density at radius 2 is 2.10 bits per heavy atom.